The van der Waals surface area contributed by atoms with Crippen molar-refractivity contribution in [3.05, 3.63) is 65.5 Å². The maximum absolute atomic E-state index is 13.1. The zero-order chi connectivity index (χ0) is 14.8. The second-order valence-electron chi connectivity index (χ2n) is 4.77. The number of aromatic nitrogens is 1. The largest absolute Gasteiger partial charge is 0.340 e. The third-order valence-corrected chi connectivity index (χ3v) is 3.29. The summed E-state index contributed by atoms with van der Waals surface area (Å²) in [5.41, 5.74) is 2.85. The zero-order valence-corrected chi connectivity index (χ0v) is 11.4. The van der Waals surface area contributed by atoms with Gasteiger partial charge in [0, 0.05) is 11.1 Å². The van der Waals surface area contributed by atoms with Gasteiger partial charge in [-0.05, 0) is 42.8 Å². The van der Waals surface area contributed by atoms with Crippen molar-refractivity contribution in [1.29, 1.82) is 5.26 Å². The topological polar surface area (TPSA) is 48.7 Å². The molecule has 3 rings (SSSR count). The van der Waals surface area contributed by atoms with Crippen LogP contribution in [0.15, 0.2) is 48.5 Å². The standard InChI is InChI=1S/C17H12FN3/c1-11-8-13(18)6-7-15(11)20-17-9-12(10-19)14-4-2-3-5-16(14)21-17/h2-9H,1H3,(H,20,21). The van der Waals surface area contributed by atoms with Gasteiger partial charge in [0.2, 0.25) is 0 Å². The van der Waals surface area contributed by atoms with Gasteiger partial charge in [-0.15, -0.1) is 0 Å². The van der Waals surface area contributed by atoms with Gasteiger partial charge in [0.15, 0.2) is 0 Å². The first-order valence-corrected chi connectivity index (χ1v) is 6.50. The number of pyridine rings is 1. The van der Waals surface area contributed by atoms with Crippen LogP contribution in [0.2, 0.25) is 0 Å². The Bertz CT molecular complexity index is 866. The van der Waals surface area contributed by atoms with Crippen molar-refractivity contribution in [1.82, 2.24) is 4.98 Å². The number of hydrogen-bond donors (Lipinski definition) is 1. The van der Waals surface area contributed by atoms with Gasteiger partial charge in [0.1, 0.15) is 11.6 Å². The Labute approximate surface area is 121 Å². The van der Waals surface area contributed by atoms with Crippen molar-refractivity contribution in [2.75, 3.05) is 5.32 Å². The Morgan fingerprint density at radius 1 is 1.14 bits per heavy atom. The minimum atomic E-state index is -0.276. The number of hydrogen-bond acceptors (Lipinski definition) is 3. The molecule has 0 aliphatic carbocycles. The molecule has 1 aromatic heterocycles. The van der Waals surface area contributed by atoms with Gasteiger partial charge in [-0.3, -0.25) is 0 Å². The van der Waals surface area contributed by atoms with E-state index in [0.717, 1.165) is 22.2 Å². The van der Waals surface area contributed by atoms with E-state index < -0.39 is 0 Å². The summed E-state index contributed by atoms with van der Waals surface area (Å²) in [5.74, 6) is 0.294. The smallest absolute Gasteiger partial charge is 0.132 e. The molecule has 0 aliphatic rings. The number of nitriles is 1. The molecule has 3 aromatic rings. The van der Waals surface area contributed by atoms with Crippen molar-refractivity contribution in [3.8, 4) is 6.07 Å². The molecule has 0 amide bonds. The van der Waals surface area contributed by atoms with Crippen LogP contribution < -0.4 is 5.32 Å². The molecule has 0 saturated heterocycles. The molecule has 0 fully saturated rings. The molecule has 0 spiro atoms. The van der Waals surface area contributed by atoms with E-state index in [9.17, 15) is 9.65 Å². The summed E-state index contributed by atoms with van der Waals surface area (Å²) in [4.78, 5) is 4.49. The molecule has 0 aliphatic heterocycles. The van der Waals surface area contributed by atoms with Crippen LogP contribution in [-0.4, -0.2) is 4.98 Å². The van der Waals surface area contributed by atoms with E-state index >= 15 is 0 Å². The molecule has 0 radical (unpaired) electrons. The number of nitrogens with zero attached hydrogens (tertiary/aromatic N) is 2. The Balaban J connectivity index is 2.07. The van der Waals surface area contributed by atoms with Gasteiger partial charge in [-0.1, -0.05) is 18.2 Å². The Morgan fingerprint density at radius 3 is 2.71 bits per heavy atom. The summed E-state index contributed by atoms with van der Waals surface area (Å²) in [6, 6.07) is 15.9. The second kappa shape index (κ2) is 5.22. The first-order valence-electron chi connectivity index (χ1n) is 6.50. The quantitative estimate of drug-likeness (QED) is 0.759. The Hall–Kier alpha value is -2.93. The number of aryl methyl sites for hydroxylation is 1. The van der Waals surface area contributed by atoms with Gasteiger partial charge in [0.05, 0.1) is 17.1 Å². The van der Waals surface area contributed by atoms with Gasteiger partial charge >= 0.3 is 0 Å². The predicted octanol–water partition coefficient (Wildman–Crippen LogP) is 4.30. The molecule has 102 valence electrons. The van der Waals surface area contributed by atoms with E-state index in [0.29, 0.717) is 11.4 Å². The molecule has 0 bridgehead atoms. The Kier molecular flexibility index (Phi) is 3.25. The second-order valence-corrected chi connectivity index (χ2v) is 4.77. The molecule has 4 heteroatoms. The normalized spacial score (nSPS) is 10.3. The minimum absolute atomic E-state index is 0.276. The summed E-state index contributed by atoms with van der Waals surface area (Å²) in [5, 5.41) is 13.2. The van der Waals surface area contributed by atoms with Crippen molar-refractivity contribution >= 4 is 22.4 Å². The van der Waals surface area contributed by atoms with Crippen LogP contribution in [0.25, 0.3) is 10.9 Å². The van der Waals surface area contributed by atoms with Crippen molar-refractivity contribution in [2.45, 2.75) is 6.92 Å². The van der Waals surface area contributed by atoms with Crippen LogP contribution in [0.5, 0.6) is 0 Å². The number of rotatable bonds is 2. The fourth-order valence-electron chi connectivity index (χ4n) is 2.24. The van der Waals surface area contributed by atoms with Crippen LogP contribution in [0.4, 0.5) is 15.9 Å². The monoisotopic (exact) mass is 277 g/mol. The molecule has 3 nitrogen and oxygen atoms in total. The summed E-state index contributed by atoms with van der Waals surface area (Å²) in [6.07, 6.45) is 0. The maximum atomic E-state index is 13.1. The highest BCUT2D eigenvalue weighted by Crippen LogP contribution is 2.24. The van der Waals surface area contributed by atoms with Gasteiger partial charge in [0.25, 0.3) is 0 Å². The van der Waals surface area contributed by atoms with E-state index in [1.807, 2.05) is 31.2 Å². The summed E-state index contributed by atoms with van der Waals surface area (Å²) in [6.45, 7) is 1.82. The fourth-order valence-corrected chi connectivity index (χ4v) is 2.24. The summed E-state index contributed by atoms with van der Waals surface area (Å²) >= 11 is 0. The van der Waals surface area contributed by atoms with Gasteiger partial charge in [-0.25, -0.2) is 9.37 Å². The van der Waals surface area contributed by atoms with Crippen molar-refractivity contribution < 1.29 is 4.39 Å². The van der Waals surface area contributed by atoms with Crippen LogP contribution in [0.3, 0.4) is 0 Å². The number of halogens is 1. The third kappa shape index (κ3) is 2.54. The predicted molar refractivity (Wildman–Crippen MR) is 80.9 cm³/mol. The van der Waals surface area contributed by atoms with E-state index in [1.165, 1.54) is 12.1 Å². The molecule has 1 heterocycles. The third-order valence-electron chi connectivity index (χ3n) is 3.29. The number of anilines is 2. The number of benzene rings is 2. The average molecular weight is 277 g/mol. The fraction of sp³-hybridized carbons (Fsp3) is 0.0588. The molecule has 0 atom stereocenters. The lowest BCUT2D eigenvalue weighted by Gasteiger charge is -2.10. The first-order chi connectivity index (χ1) is 10.2. The van der Waals surface area contributed by atoms with Crippen LogP contribution in [0.1, 0.15) is 11.1 Å². The minimum Gasteiger partial charge on any atom is -0.340 e. The highest BCUT2D eigenvalue weighted by atomic mass is 19.1. The zero-order valence-electron chi connectivity index (χ0n) is 11.4. The van der Waals surface area contributed by atoms with E-state index in [1.54, 1.807) is 12.1 Å². The van der Waals surface area contributed by atoms with E-state index in [-0.39, 0.29) is 5.82 Å². The van der Waals surface area contributed by atoms with E-state index in [4.69, 9.17) is 0 Å². The van der Waals surface area contributed by atoms with Crippen LogP contribution >= 0.6 is 0 Å². The van der Waals surface area contributed by atoms with Crippen LogP contribution in [-0.2, 0) is 0 Å². The van der Waals surface area contributed by atoms with Gasteiger partial charge < -0.3 is 5.32 Å². The van der Waals surface area contributed by atoms with Crippen LogP contribution in [0, 0.1) is 24.1 Å². The number of fused-ring (bicyclic) bond motifs is 1. The molecule has 2 aromatic carbocycles. The first kappa shape index (κ1) is 13.1. The maximum Gasteiger partial charge on any atom is 0.132 e. The molecule has 0 saturated carbocycles. The van der Waals surface area contributed by atoms with Gasteiger partial charge in [-0.2, -0.15) is 5.26 Å². The highest BCUT2D eigenvalue weighted by Gasteiger charge is 2.07. The van der Waals surface area contributed by atoms with E-state index in [2.05, 4.69) is 16.4 Å². The lowest BCUT2D eigenvalue weighted by atomic mass is 10.1. The molecule has 0 unspecified atom stereocenters. The summed E-state index contributed by atoms with van der Waals surface area (Å²) in [7, 11) is 0. The number of para-hydroxylation sites is 1. The molecular formula is C17H12FN3. The number of nitrogens with one attached hydrogen (secondary N) is 1. The molecule has 21 heavy (non-hydrogen) atoms. The molecular weight excluding hydrogens is 265 g/mol. The molecule has 1 N–H and O–H groups in total. The lowest BCUT2D eigenvalue weighted by molar-refractivity contribution is 0.627. The average Bonchev–Trinajstić information content (AvgIpc) is 2.49. The van der Waals surface area contributed by atoms with Crippen molar-refractivity contribution in [2.24, 2.45) is 0 Å². The highest BCUT2D eigenvalue weighted by molar-refractivity contribution is 5.86. The lowest BCUT2D eigenvalue weighted by Crippen LogP contribution is -1.98. The summed E-state index contributed by atoms with van der Waals surface area (Å²) < 4.78 is 13.1. The SMILES string of the molecule is Cc1cc(F)ccc1Nc1cc(C#N)c2ccccc2n1. The van der Waals surface area contributed by atoms with Crippen molar-refractivity contribution in [3.63, 3.8) is 0 Å². The Morgan fingerprint density at radius 2 is 1.95 bits per heavy atom.